The van der Waals surface area contributed by atoms with Gasteiger partial charge in [-0.1, -0.05) is 6.92 Å². The van der Waals surface area contributed by atoms with Crippen LogP contribution in [0.2, 0.25) is 0 Å². The quantitative estimate of drug-likeness (QED) is 0.672. The predicted octanol–water partition coefficient (Wildman–Crippen LogP) is -0.186. The molecule has 0 aromatic heterocycles. The van der Waals surface area contributed by atoms with E-state index in [-0.39, 0.29) is 17.9 Å². The van der Waals surface area contributed by atoms with Crippen LogP contribution in [0.4, 0.5) is 0 Å². The molecule has 2 N–H and O–H groups in total. The molecular formula is C17H32N4O3. The molecule has 0 aliphatic carbocycles. The van der Waals surface area contributed by atoms with E-state index < -0.39 is 0 Å². The molecule has 7 nitrogen and oxygen atoms in total. The van der Waals surface area contributed by atoms with Crippen molar-refractivity contribution in [3.8, 4) is 0 Å². The Kier molecular flexibility index (Phi) is 7.94. The zero-order chi connectivity index (χ0) is 17.4. The van der Waals surface area contributed by atoms with Gasteiger partial charge in [0.1, 0.15) is 6.04 Å². The second-order valence-corrected chi connectivity index (χ2v) is 6.73. The summed E-state index contributed by atoms with van der Waals surface area (Å²) in [5.74, 6) is -0.0890. The van der Waals surface area contributed by atoms with Gasteiger partial charge in [0.25, 0.3) is 0 Å². The first-order valence-corrected chi connectivity index (χ1v) is 9.16. The SMILES string of the molecule is CC[C@H]1CN(CC(=O)N[C@H]2CCCCNC2=O)CCN1CCOC. The van der Waals surface area contributed by atoms with Gasteiger partial charge < -0.3 is 15.4 Å². The highest BCUT2D eigenvalue weighted by Gasteiger charge is 2.28. The molecule has 0 spiro atoms. The van der Waals surface area contributed by atoms with Crippen LogP contribution in [-0.2, 0) is 14.3 Å². The van der Waals surface area contributed by atoms with E-state index in [0.717, 1.165) is 58.5 Å². The van der Waals surface area contributed by atoms with Gasteiger partial charge in [0.05, 0.1) is 13.2 Å². The molecule has 2 heterocycles. The smallest absolute Gasteiger partial charge is 0.242 e. The lowest BCUT2D eigenvalue weighted by Gasteiger charge is -2.41. The van der Waals surface area contributed by atoms with Crippen LogP contribution in [0, 0.1) is 0 Å². The van der Waals surface area contributed by atoms with Crippen LogP contribution in [-0.4, -0.2) is 86.7 Å². The van der Waals surface area contributed by atoms with Gasteiger partial charge in [-0.3, -0.25) is 19.4 Å². The van der Waals surface area contributed by atoms with E-state index in [1.54, 1.807) is 7.11 Å². The first-order valence-electron chi connectivity index (χ1n) is 9.16. The van der Waals surface area contributed by atoms with Crippen molar-refractivity contribution < 1.29 is 14.3 Å². The maximum absolute atomic E-state index is 12.3. The van der Waals surface area contributed by atoms with Gasteiger partial charge in [0.2, 0.25) is 11.8 Å². The number of amides is 2. The number of rotatable bonds is 7. The summed E-state index contributed by atoms with van der Waals surface area (Å²) in [5, 5.41) is 5.77. The lowest BCUT2D eigenvalue weighted by atomic mass is 10.1. The maximum atomic E-state index is 12.3. The number of nitrogens with zero attached hydrogens (tertiary/aromatic N) is 2. The standard InChI is InChI=1S/C17H32N4O3/c1-3-14-12-20(8-9-21(14)10-11-24-2)13-16(22)19-15-6-4-5-7-18-17(15)23/h14-15H,3-13H2,1-2H3,(H,18,23)(H,19,22)/t14-,15-/m0/s1. The Morgan fingerprint density at radius 3 is 2.96 bits per heavy atom. The lowest BCUT2D eigenvalue weighted by molar-refractivity contribution is -0.129. The predicted molar refractivity (Wildman–Crippen MR) is 92.8 cm³/mol. The Morgan fingerprint density at radius 1 is 1.38 bits per heavy atom. The second kappa shape index (κ2) is 9.96. The molecule has 2 saturated heterocycles. The highest BCUT2D eigenvalue weighted by molar-refractivity contribution is 5.88. The molecule has 0 radical (unpaired) electrons. The molecule has 0 bridgehead atoms. The molecule has 138 valence electrons. The molecule has 2 aliphatic rings. The molecule has 0 unspecified atom stereocenters. The summed E-state index contributed by atoms with van der Waals surface area (Å²) in [6.45, 7) is 7.69. The summed E-state index contributed by atoms with van der Waals surface area (Å²) in [6.07, 6.45) is 3.76. The second-order valence-electron chi connectivity index (χ2n) is 6.73. The van der Waals surface area contributed by atoms with E-state index >= 15 is 0 Å². The number of carbonyl (C=O) groups is 2. The summed E-state index contributed by atoms with van der Waals surface area (Å²) >= 11 is 0. The highest BCUT2D eigenvalue weighted by atomic mass is 16.5. The molecule has 0 aromatic rings. The molecule has 7 heteroatoms. The van der Waals surface area contributed by atoms with Crippen LogP contribution in [0.15, 0.2) is 0 Å². The van der Waals surface area contributed by atoms with Crippen LogP contribution in [0.3, 0.4) is 0 Å². The van der Waals surface area contributed by atoms with Gasteiger partial charge in [-0.25, -0.2) is 0 Å². The van der Waals surface area contributed by atoms with Crippen molar-refractivity contribution in [1.29, 1.82) is 0 Å². The van der Waals surface area contributed by atoms with Gasteiger partial charge in [-0.2, -0.15) is 0 Å². The van der Waals surface area contributed by atoms with E-state index in [1.165, 1.54) is 0 Å². The molecule has 2 aliphatic heterocycles. The van der Waals surface area contributed by atoms with Crippen molar-refractivity contribution in [3.63, 3.8) is 0 Å². The summed E-state index contributed by atoms with van der Waals surface area (Å²) in [6, 6.07) is 0.0906. The van der Waals surface area contributed by atoms with Crippen LogP contribution in [0.1, 0.15) is 32.6 Å². The van der Waals surface area contributed by atoms with Crippen molar-refractivity contribution in [2.75, 3.05) is 53.0 Å². The molecule has 0 aromatic carbocycles. The number of ether oxygens (including phenoxy) is 1. The van der Waals surface area contributed by atoms with Gasteiger partial charge in [0.15, 0.2) is 0 Å². The highest BCUT2D eigenvalue weighted by Crippen LogP contribution is 2.12. The Balaban J connectivity index is 1.78. The topological polar surface area (TPSA) is 73.9 Å². The van der Waals surface area contributed by atoms with Crippen molar-refractivity contribution in [3.05, 3.63) is 0 Å². The third kappa shape index (κ3) is 5.72. The largest absolute Gasteiger partial charge is 0.383 e. The van der Waals surface area contributed by atoms with E-state index in [2.05, 4.69) is 27.4 Å². The molecule has 2 rings (SSSR count). The van der Waals surface area contributed by atoms with Gasteiger partial charge in [0, 0.05) is 45.9 Å². The Bertz CT molecular complexity index is 419. The molecule has 2 atom stereocenters. The van der Waals surface area contributed by atoms with E-state index in [1.807, 2.05) is 0 Å². The number of hydrogen-bond donors (Lipinski definition) is 2. The summed E-state index contributed by atoms with van der Waals surface area (Å²) in [5.41, 5.74) is 0. The van der Waals surface area contributed by atoms with Crippen LogP contribution in [0.5, 0.6) is 0 Å². The summed E-state index contributed by atoms with van der Waals surface area (Å²) in [7, 11) is 1.73. The van der Waals surface area contributed by atoms with Crippen molar-refractivity contribution in [2.24, 2.45) is 0 Å². The minimum atomic E-state index is -0.370. The number of carbonyl (C=O) groups excluding carboxylic acids is 2. The lowest BCUT2D eigenvalue weighted by Crippen LogP contribution is -2.56. The maximum Gasteiger partial charge on any atom is 0.242 e. The number of methoxy groups -OCH3 is 1. The summed E-state index contributed by atoms with van der Waals surface area (Å²) < 4.78 is 5.18. The monoisotopic (exact) mass is 340 g/mol. The average Bonchev–Trinajstić information content (AvgIpc) is 2.78. The molecule has 24 heavy (non-hydrogen) atoms. The first kappa shape index (κ1) is 19.1. The fourth-order valence-corrected chi connectivity index (χ4v) is 3.51. The van der Waals surface area contributed by atoms with E-state index in [9.17, 15) is 9.59 Å². The number of nitrogens with one attached hydrogen (secondary N) is 2. The Hall–Kier alpha value is -1.18. The van der Waals surface area contributed by atoms with Gasteiger partial charge in [-0.15, -0.1) is 0 Å². The Labute approximate surface area is 145 Å². The van der Waals surface area contributed by atoms with Crippen molar-refractivity contribution >= 4 is 11.8 Å². The molecule has 2 fully saturated rings. The van der Waals surface area contributed by atoms with E-state index in [4.69, 9.17) is 4.74 Å². The third-order valence-electron chi connectivity index (χ3n) is 4.98. The number of piperazine rings is 1. The zero-order valence-electron chi connectivity index (χ0n) is 15.1. The minimum absolute atomic E-state index is 0.0442. The normalized spacial score (nSPS) is 26.7. The number of hydrogen-bond acceptors (Lipinski definition) is 5. The average molecular weight is 340 g/mol. The third-order valence-corrected chi connectivity index (χ3v) is 4.98. The van der Waals surface area contributed by atoms with E-state index in [0.29, 0.717) is 19.1 Å². The van der Waals surface area contributed by atoms with Crippen LogP contribution < -0.4 is 10.6 Å². The van der Waals surface area contributed by atoms with Crippen LogP contribution in [0.25, 0.3) is 0 Å². The van der Waals surface area contributed by atoms with Crippen LogP contribution >= 0.6 is 0 Å². The Morgan fingerprint density at radius 2 is 2.21 bits per heavy atom. The molecule has 0 saturated carbocycles. The van der Waals surface area contributed by atoms with Crippen molar-refractivity contribution in [1.82, 2.24) is 20.4 Å². The zero-order valence-corrected chi connectivity index (χ0v) is 15.1. The fourth-order valence-electron chi connectivity index (χ4n) is 3.51. The van der Waals surface area contributed by atoms with Gasteiger partial charge >= 0.3 is 0 Å². The molecular weight excluding hydrogens is 308 g/mol. The fraction of sp³-hybridized carbons (Fsp3) is 0.882. The van der Waals surface area contributed by atoms with Crippen molar-refractivity contribution in [2.45, 2.75) is 44.7 Å². The minimum Gasteiger partial charge on any atom is -0.383 e. The summed E-state index contributed by atoms with van der Waals surface area (Å²) in [4.78, 5) is 28.9. The first-order chi connectivity index (χ1) is 11.6. The van der Waals surface area contributed by atoms with Gasteiger partial charge in [-0.05, 0) is 25.7 Å². The molecule has 2 amide bonds.